The van der Waals surface area contributed by atoms with Crippen LogP contribution in [0.5, 0.6) is 0 Å². The maximum absolute atomic E-state index is 11.0. The molecule has 21 heavy (non-hydrogen) atoms. The monoisotopic (exact) mass is 292 g/mol. The lowest BCUT2D eigenvalue weighted by Gasteiger charge is -2.34. The Morgan fingerprint density at radius 3 is 3.00 bits per heavy atom. The zero-order valence-corrected chi connectivity index (χ0v) is 11.5. The van der Waals surface area contributed by atoms with Gasteiger partial charge in [-0.3, -0.25) is 0 Å². The highest BCUT2D eigenvalue weighted by Gasteiger charge is 2.27. The molecule has 2 atom stereocenters. The molecule has 1 saturated heterocycles. The Morgan fingerprint density at radius 2 is 2.29 bits per heavy atom. The molecular formula is C14H16N2O5. The highest BCUT2D eigenvalue weighted by Crippen LogP contribution is 2.25. The number of nitrogens with zero attached hydrogens (tertiary/aromatic N) is 2. The summed E-state index contributed by atoms with van der Waals surface area (Å²) < 4.78 is 11.2. The van der Waals surface area contributed by atoms with Gasteiger partial charge in [-0.1, -0.05) is 0 Å². The van der Waals surface area contributed by atoms with Crippen LogP contribution in [0.1, 0.15) is 17.3 Å². The summed E-state index contributed by atoms with van der Waals surface area (Å²) in [5.74, 6) is -1.00. The molecule has 2 heterocycles. The Labute approximate surface area is 120 Å². The Bertz CT molecular complexity index is 668. The van der Waals surface area contributed by atoms with Gasteiger partial charge in [0.15, 0.2) is 5.58 Å². The lowest BCUT2D eigenvalue weighted by molar-refractivity contribution is -0.0432. The molecule has 7 heteroatoms. The zero-order valence-electron chi connectivity index (χ0n) is 11.5. The maximum Gasteiger partial charge on any atom is 0.335 e. The first-order valence-electron chi connectivity index (χ1n) is 6.72. The number of fused-ring (bicyclic) bond motifs is 1. The molecule has 0 aliphatic carbocycles. The molecule has 2 unspecified atom stereocenters. The molecule has 1 aromatic heterocycles. The minimum atomic E-state index is -1.00. The van der Waals surface area contributed by atoms with E-state index in [9.17, 15) is 9.90 Å². The van der Waals surface area contributed by atoms with Crippen molar-refractivity contribution in [3.8, 4) is 0 Å². The van der Waals surface area contributed by atoms with E-state index in [1.165, 1.54) is 12.1 Å². The summed E-state index contributed by atoms with van der Waals surface area (Å²) in [5, 5.41) is 18.2. The standard InChI is InChI=1S/C14H16N2O5/c1-8-5-16(6-10(7-17)20-8)14-15-11-3-2-9(13(18)19)4-12(11)21-14/h2-4,8,10,17H,5-7H2,1H3,(H,18,19). The van der Waals surface area contributed by atoms with Crippen LogP contribution in [0.15, 0.2) is 22.6 Å². The number of aromatic nitrogens is 1. The molecule has 0 bridgehead atoms. The van der Waals surface area contributed by atoms with Gasteiger partial charge in [0, 0.05) is 6.54 Å². The third-order valence-corrected chi connectivity index (χ3v) is 3.42. The zero-order chi connectivity index (χ0) is 15.0. The number of anilines is 1. The number of carbonyl (C=O) groups is 1. The first-order valence-corrected chi connectivity index (χ1v) is 6.72. The van der Waals surface area contributed by atoms with Crippen LogP contribution in [-0.2, 0) is 4.74 Å². The molecule has 3 rings (SSSR count). The summed E-state index contributed by atoms with van der Waals surface area (Å²) in [6.45, 7) is 2.94. The van der Waals surface area contributed by atoms with Crippen LogP contribution in [0.4, 0.5) is 6.01 Å². The highest BCUT2D eigenvalue weighted by molar-refractivity contribution is 5.92. The van der Waals surface area contributed by atoms with E-state index in [1.807, 2.05) is 11.8 Å². The van der Waals surface area contributed by atoms with Crippen molar-refractivity contribution < 1.29 is 24.2 Å². The second kappa shape index (κ2) is 5.34. The number of hydrogen-bond donors (Lipinski definition) is 2. The molecule has 2 aromatic rings. The second-order valence-corrected chi connectivity index (χ2v) is 5.14. The number of hydrogen-bond acceptors (Lipinski definition) is 6. The smallest absolute Gasteiger partial charge is 0.335 e. The third kappa shape index (κ3) is 2.70. The van der Waals surface area contributed by atoms with Crippen LogP contribution in [0, 0.1) is 0 Å². The quantitative estimate of drug-likeness (QED) is 0.874. The molecule has 0 amide bonds. The average Bonchev–Trinajstić information content (AvgIpc) is 2.89. The molecule has 7 nitrogen and oxygen atoms in total. The summed E-state index contributed by atoms with van der Waals surface area (Å²) in [6.07, 6.45) is -0.321. The van der Waals surface area contributed by atoms with Gasteiger partial charge in [-0.25, -0.2) is 4.79 Å². The van der Waals surface area contributed by atoms with Gasteiger partial charge in [-0.2, -0.15) is 4.98 Å². The first kappa shape index (κ1) is 13.8. The largest absolute Gasteiger partial charge is 0.478 e. The summed E-state index contributed by atoms with van der Waals surface area (Å²) >= 11 is 0. The molecule has 0 saturated carbocycles. The summed E-state index contributed by atoms with van der Waals surface area (Å²) in [7, 11) is 0. The number of carboxylic acid groups (broad SMARTS) is 1. The third-order valence-electron chi connectivity index (χ3n) is 3.42. The van der Waals surface area contributed by atoms with Crippen molar-refractivity contribution in [2.45, 2.75) is 19.1 Å². The molecule has 1 aromatic carbocycles. The summed E-state index contributed by atoms with van der Waals surface area (Å²) in [6, 6.07) is 5.00. The Kier molecular flexibility index (Phi) is 3.52. The average molecular weight is 292 g/mol. The van der Waals surface area contributed by atoms with Crippen LogP contribution >= 0.6 is 0 Å². The van der Waals surface area contributed by atoms with E-state index in [4.69, 9.17) is 14.3 Å². The predicted molar refractivity (Wildman–Crippen MR) is 74.6 cm³/mol. The molecule has 1 aliphatic rings. The van der Waals surface area contributed by atoms with Crippen molar-refractivity contribution in [1.82, 2.24) is 4.98 Å². The normalized spacial score (nSPS) is 22.7. The second-order valence-electron chi connectivity index (χ2n) is 5.14. The van der Waals surface area contributed by atoms with E-state index in [0.29, 0.717) is 30.2 Å². The van der Waals surface area contributed by atoms with Gasteiger partial charge in [0.1, 0.15) is 5.52 Å². The molecule has 0 spiro atoms. The number of carboxylic acids is 1. The van der Waals surface area contributed by atoms with Crippen LogP contribution in [0.25, 0.3) is 11.1 Å². The van der Waals surface area contributed by atoms with Gasteiger partial charge < -0.3 is 24.3 Å². The number of morpholine rings is 1. The van der Waals surface area contributed by atoms with E-state index in [2.05, 4.69) is 4.98 Å². The van der Waals surface area contributed by atoms with Crippen molar-refractivity contribution >= 4 is 23.1 Å². The SMILES string of the molecule is CC1CN(c2nc3ccc(C(=O)O)cc3o2)CC(CO)O1. The van der Waals surface area contributed by atoms with Gasteiger partial charge in [0.2, 0.25) is 0 Å². The Hall–Kier alpha value is -2.12. The lowest BCUT2D eigenvalue weighted by atomic mass is 10.2. The van der Waals surface area contributed by atoms with Gasteiger partial charge in [-0.15, -0.1) is 0 Å². The molecule has 1 fully saturated rings. The topological polar surface area (TPSA) is 96.0 Å². The van der Waals surface area contributed by atoms with E-state index in [1.54, 1.807) is 6.07 Å². The number of benzene rings is 1. The fourth-order valence-corrected chi connectivity index (χ4v) is 2.48. The number of oxazole rings is 1. The van der Waals surface area contributed by atoms with Crippen molar-refractivity contribution in [2.75, 3.05) is 24.6 Å². The van der Waals surface area contributed by atoms with Gasteiger partial charge in [0.25, 0.3) is 6.01 Å². The van der Waals surface area contributed by atoms with E-state index >= 15 is 0 Å². The highest BCUT2D eigenvalue weighted by atomic mass is 16.5. The fraction of sp³-hybridized carbons (Fsp3) is 0.429. The van der Waals surface area contributed by atoms with Gasteiger partial charge in [0.05, 0.1) is 30.9 Å². The summed E-state index contributed by atoms with van der Waals surface area (Å²) in [5.41, 5.74) is 1.20. The van der Waals surface area contributed by atoms with Gasteiger partial charge >= 0.3 is 5.97 Å². The van der Waals surface area contributed by atoms with E-state index in [-0.39, 0.29) is 24.4 Å². The molecule has 2 N–H and O–H groups in total. The molecular weight excluding hydrogens is 276 g/mol. The van der Waals surface area contributed by atoms with E-state index < -0.39 is 5.97 Å². The first-order chi connectivity index (χ1) is 10.1. The molecule has 0 radical (unpaired) electrons. The number of aliphatic hydroxyl groups is 1. The van der Waals surface area contributed by atoms with Crippen molar-refractivity contribution in [3.05, 3.63) is 23.8 Å². The number of rotatable bonds is 3. The summed E-state index contributed by atoms with van der Waals surface area (Å²) in [4.78, 5) is 17.2. The predicted octanol–water partition coefficient (Wildman–Crippen LogP) is 1.11. The van der Waals surface area contributed by atoms with Crippen molar-refractivity contribution in [1.29, 1.82) is 0 Å². The van der Waals surface area contributed by atoms with Crippen molar-refractivity contribution in [3.63, 3.8) is 0 Å². The van der Waals surface area contributed by atoms with Crippen LogP contribution in [0.2, 0.25) is 0 Å². The Morgan fingerprint density at radius 1 is 1.48 bits per heavy atom. The van der Waals surface area contributed by atoms with E-state index in [0.717, 1.165) is 0 Å². The van der Waals surface area contributed by atoms with Crippen molar-refractivity contribution in [2.24, 2.45) is 0 Å². The van der Waals surface area contributed by atoms with Crippen LogP contribution in [-0.4, -0.2) is 53.1 Å². The Balaban J connectivity index is 1.91. The lowest BCUT2D eigenvalue weighted by Crippen LogP contribution is -2.48. The maximum atomic E-state index is 11.0. The molecule has 112 valence electrons. The number of aromatic carboxylic acids is 1. The molecule has 1 aliphatic heterocycles. The number of aliphatic hydroxyl groups excluding tert-OH is 1. The number of ether oxygens (including phenoxy) is 1. The van der Waals surface area contributed by atoms with Crippen LogP contribution < -0.4 is 4.90 Å². The minimum Gasteiger partial charge on any atom is -0.478 e. The van der Waals surface area contributed by atoms with Gasteiger partial charge in [-0.05, 0) is 25.1 Å². The van der Waals surface area contributed by atoms with Crippen LogP contribution in [0.3, 0.4) is 0 Å². The minimum absolute atomic E-state index is 0.0412. The fourth-order valence-electron chi connectivity index (χ4n) is 2.48.